The van der Waals surface area contributed by atoms with E-state index in [0.29, 0.717) is 31.1 Å². The molecule has 6 heteroatoms. The van der Waals surface area contributed by atoms with E-state index in [9.17, 15) is 4.79 Å². The molecule has 0 saturated carbocycles. The molecule has 0 fully saturated rings. The van der Waals surface area contributed by atoms with E-state index >= 15 is 0 Å². The number of hydrogen-bond donors (Lipinski definition) is 0. The first kappa shape index (κ1) is 22.5. The Balaban J connectivity index is 1.57. The van der Waals surface area contributed by atoms with Gasteiger partial charge >= 0.3 is 0 Å². The van der Waals surface area contributed by atoms with Crippen LogP contribution in [0.3, 0.4) is 0 Å². The molecule has 0 aliphatic heterocycles. The Morgan fingerprint density at radius 3 is 2.39 bits per heavy atom. The molecule has 1 aromatic heterocycles. The number of benzene rings is 2. The molecule has 1 amide bonds. The van der Waals surface area contributed by atoms with E-state index < -0.39 is 0 Å². The maximum Gasteiger partial charge on any atom is 0.228 e. The number of unbranched alkanes of at least 4 members (excludes halogenated alkanes) is 1. The van der Waals surface area contributed by atoms with Crippen molar-refractivity contribution in [1.82, 2.24) is 15.0 Å². The Labute approximate surface area is 184 Å². The lowest BCUT2D eigenvalue weighted by Crippen LogP contribution is -2.34. The third kappa shape index (κ3) is 6.67. The average molecular weight is 421 g/mol. The minimum atomic E-state index is 0.177. The van der Waals surface area contributed by atoms with E-state index in [4.69, 9.17) is 4.52 Å². The molecule has 0 aliphatic carbocycles. The smallest absolute Gasteiger partial charge is 0.228 e. The number of rotatable bonds is 11. The van der Waals surface area contributed by atoms with Gasteiger partial charge in [-0.05, 0) is 42.7 Å². The predicted octanol–water partition coefficient (Wildman–Crippen LogP) is 4.61. The number of aromatic nitrogens is 2. The van der Waals surface area contributed by atoms with Crippen LogP contribution in [0.25, 0.3) is 11.4 Å². The van der Waals surface area contributed by atoms with Gasteiger partial charge in [0.1, 0.15) is 0 Å². The number of amides is 1. The van der Waals surface area contributed by atoms with Gasteiger partial charge in [-0.3, -0.25) is 4.79 Å². The normalized spacial score (nSPS) is 10.8. The van der Waals surface area contributed by atoms with Crippen LogP contribution >= 0.6 is 0 Å². The molecule has 3 aromatic rings. The van der Waals surface area contributed by atoms with Crippen molar-refractivity contribution in [3.8, 4) is 11.4 Å². The molecule has 0 unspecified atom stereocenters. The molecule has 31 heavy (non-hydrogen) atoms. The molecular weight excluding hydrogens is 388 g/mol. The van der Waals surface area contributed by atoms with Crippen molar-refractivity contribution >= 4 is 11.6 Å². The number of aryl methyl sites for hydroxylation is 1. The summed E-state index contributed by atoms with van der Waals surface area (Å²) in [7, 11) is 4.01. The van der Waals surface area contributed by atoms with Crippen LogP contribution in [-0.4, -0.2) is 48.1 Å². The Kier molecular flexibility index (Phi) is 8.21. The number of anilines is 1. The van der Waals surface area contributed by atoms with Crippen LogP contribution in [0.4, 0.5) is 5.69 Å². The molecule has 6 nitrogen and oxygen atoms in total. The lowest BCUT2D eigenvalue weighted by Gasteiger charge is -2.22. The average Bonchev–Trinajstić information content (AvgIpc) is 3.27. The quantitative estimate of drug-likeness (QED) is 0.453. The van der Waals surface area contributed by atoms with Crippen LogP contribution in [-0.2, 0) is 17.6 Å². The van der Waals surface area contributed by atoms with E-state index in [2.05, 4.69) is 29.2 Å². The van der Waals surface area contributed by atoms with Crippen molar-refractivity contribution in [3.63, 3.8) is 0 Å². The Hall–Kier alpha value is -3.15. The second kappa shape index (κ2) is 11.3. The van der Waals surface area contributed by atoms with Crippen LogP contribution < -0.4 is 4.90 Å². The zero-order valence-corrected chi connectivity index (χ0v) is 18.8. The SMILES string of the molecule is CCCCN(CCc1nc(-c2ccc(N(C)C)cc2)no1)C(=O)CCc1ccccc1. The van der Waals surface area contributed by atoms with E-state index in [1.165, 1.54) is 5.56 Å². The summed E-state index contributed by atoms with van der Waals surface area (Å²) < 4.78 is 5.45. The van der Waals surface area contributed by atoms with E-state index in [1.54, 1.807) is 0 Å². The van der Waals surface area contributed by atoms with E-state index in [0.717, 1.165) is 37.1 Å². The second-order valence-corrected chi connectivity index (χ2v) is 7.92. The van der Waals surface area contributed by atoms with Crippen molar-refractivity contribution in [2.24, 2.45) is 0 Å². The summed E-state index contributed by atoms with van der Waals surface area (Å²) in [6.07, 6.45) is 3.88. The van der Waals surface area contributed by atoms with Gasteiger partial charge in [-0.2, -0.15) is 4.98 Å². The van der Waals surface area contributed by atoms with Crippen molar-refractivity contribution in [3.05, 3.63) is 66.1 Å². The molecule has 0 saturated heterocycles. The van der Waals surface area contributed by atoms with Gasteiger partial charge in [0, 0.05) is 51.3 Å². The minimum absolute atomic E-state index is 0.177. The summed E-state index contributed by atoms with van der Waals surface area (Å²) in [5.41, 5.74) is 3.23. The summed E-state index contributed by atoms with van der Waals surface area (Å²) in [6, 6.07) is 18.2. The van der Waals surface area contributed by atoms with Crippen LogP contribution in [0.1, 0.15) is 37.6 Å². The molecule has 0 radical (unpaired) electrons. The van der Waals surface area contributed by atoms with Gasteiger partial charge < -0.3 is 14.3 Å². The fraction of sp³-hybridized carbons (Fsp3) is 0.400. The molecule has 1 heterocycles. The van der Waals surface area contributed by atoms with Gasteiger partial charge in [-0.1, -0.05) is 48.8 Å². The van der Waals surface area contributed by atoms with Crippen molar-refractivity contribution in [2.75, 3.05) is 32.1 Å². The zero-order chi connectivity index (χ0) is 22.1. The van der Waals surface area contributed by atoms with Crippen molar-refractivity contribution < 1.29 is 9.32 Å². The van der Waals surface area contributed by atoms with Gasteiger partial charge in [-0.15, -0.1) is 0 Å². The van der Waals surface area contributed by atoms with E-state index in [-0.39, 0.29) is 5.91 Å². The molecule has 2 aromatic carbocycles. The lowest BCUT2D eigenvalue weighted by atomic mass is 10.1. The van der Waals surface area contributed by atoms with Gasteiger partial charge in [0.15, 0.2) is 0 Å². The molecule has 3 rings (SSSR count). The van der Waals surface area contributed by atoms with Crippen LogP contribution in [0, 0.1) is 0 Å². The number of carbonyl (C=O) groups excluding carboxylic acids is 1. The standard InChI is InChI=1S/C25H32N4O2/c1-4-5-18-29(24(30)16-11-20-9-7-6-8-10-20)19-17-23-26-25(27-31-23)21-12-14-22(15-13-21)28(2)3/h6-10,12-15H,4-5,11,16-19H2,1-3H3. The molecule has 0 N–H and O–H groups in total. The highest BCUT2D eigenvalue weighted by molar-refractivity contribution is 5.76. The summed E-state index contributed by atoms with van der Waals surface area (Å²) in [5, 5.41) is 4.12. The summed E-state index contributed by atoms with van der Waals surface area (Å²) in [5.74, 6) is 1.32. The highest BCUT2D eigenvalue weighted by Gasteiger charge is 2.16. The number of hydrogen-bond acceptors (Lipinski definition) is 5. The van der Waals surface area contributed by atoms with Crippen LogP contribution in [0.5, 0.6) is 0 Å². The van der Waals surface area contributed by atoms with Gasteiger partial charge in [0.25, 0.3) is 0 Å². The maximum absolute atomic E-state index is 12.8. The summed E-state index contributed by atoms with van der Waals surface area (Å²) >= 11 is 0. The molecule has 0 atom stereocenters. The number of carbonyl (C=O) groups is 1. The largest absolute Gasteiger partial charge is 0.378 e. The highest BCUT2D eigenvalue weighted by Crippen LogP contribution is 2.20. The molecule has 0 spiro atoms. The monoisotopic (exact) mass is 420 g/mol. The minimum Gasteiger partial charge on any atom is -0.378 e. The predicted molar refractivity (Wildman–Crippen MR) is 124 cm³/mol. The van der Waals surface area contributed by atoms with Crippen LogP contribution in [0.2, 0.25) is 0 Å². The number of nitrogens with zero attached hydrogens (tertiary/aromatic N) is 4. The first-order chi connectivity index (χ1) is 15.1. The van der Waals surface area contributed by atoms with Crippen molar-refractivity contribution in [2.45, 2.75) is 39.0 Å². The Bertz CT molecular complexity index is 936. The van der Waals surface area contributed by atoms with Crippen molar-refractivity contribution in [1.29, 1.82) is 0 Å². The summed E-state index contributed by atoms with van der Waals surface area (Å²) in [6.45, 7) is 3.49. The lowest BCUT2D eigenvalue weighted by molar-refractivity contribution is -0.131. The first-order valence-electron chi connectivity index (χ1n) is 11.0. The highest BCUT2D eigenvalue weighted by atomic mass is 16.5. The third-order valence-electron chi connectivity index (χ3n) is 5.31. The van der Waals surface area contributed by atoms with Crippen LogP contribution in [0.15, 0.2) is 59.1 Å². The molecule has 164 valence electrons. The fourth-order valence-corrected chi connectivity index (χ4v) is 3.38. The molecule has 0 aliphatic rings. The maximum atomic E-state index is 12.8. The molecule has 0 bridgehead atoms. The Morgan fingerprint density at radius 2 is 1.71 bits per heavy atom. The van der Waals surface area contributed by atoms with Gasteiger partial charge in [0.2, 0.25) is 17.6 Å². The second-order valence-electron chi connectivity index (χ2n) is 7.92. The van der Waals surface area contributed by atoms with Gasteiger partial charge in [0.05, 0.1) is 0 Å². The summed E-state index contributed by atoms with van der Waals surface area (Å²) in [4.78, 5) is 21.3. The topological polar surface area (TPSA) is 62.5 Å². The third-order valence-corrected chi connectivity index (χ3v) is 5.31. The molecular formula is C25H32N4O2. The van der Waals surface area contributed by atoms with Gasteiger partial charge in [-0.25, -0.2) is 0 Å². The first-order valence-corrected chi connectivity index (χ1v) is 11.0. The Morgan fingerprint density at radius 1 is 0.968 bits per heavy atom. The fourth-order valence-electron chi connectivity index (χ4n) is 3.38. The van der Waals surface area contributed by atoms with E-state index in [1.807, 2.05) is 66.4 Å². The zero-order valence-electron chi connectivity index (χ0n) is 18.8.